The number of hydrogen-bond acceptors (Lipinski definition) is 3. The van der Waals surface area contributed by atoms with E-state index in [2.05, 4.69) is 0 Å². The van der Waals surface area contributed by atoms with Crippen LogP contribution in [0.3, 0.4) is 0 Å². The molecule has 0 fully saturated rings. The highest BCUT2D eigenvalue weighted by molar-refractivity contribution is 5.69. The molecule has 0 radical (unpaired) electrons. The van der Waals surface area contributed by atoms with Crippen molar-refractivity contribution in [3.63, 3.8) is 0 Å². The second-order valence-corrected chi connectivity index (χ2v) is 4.02. The number of halogens is 1. The van der Waals surface area contributed by atoms with Gasteiger partial charge in [-0.15, -0.1) is 0 Å². The number of carboxylic acid groups (broad SMARTS) is 1. The molecular weight excluding hydrogens is 235 g/mol. The summed E-state index contributed by atoms with van der Waals surface area (Å²) in [4.78, 5) is 12.3. The SMILES string of the molecule is CCCN(CC(=O)O)Cc1ccc(C#N)cc1F. The molecule has 0 saturated heterocycles. The third-order valence-corrected chi connectivity index (χ3v) is 2.47. The number of nitriles is 1. The first-order valence-electron chi connectivity index (χ1n) is 5.69. The second kappa shape index (κ2) is 6.72. The van der Waals surface area contributed by atoms with E-state index in [-0.39, 0.29) is 18.7 Å². The third-order valence-electron chi connectivity index (χ3n) is 2.47. The standard InChI is InChI=1S/C13H15FN2O2/c1-2-5-16(9-13(17)18)8-11-4-3-10(7-15)6-12(11)14/h3-4,6H,2,5,8-9H2,1H3,(H,17,18). The molecule has 4 nitrogen and oxygen atoms in total. The molecule has 1 aromatic rings. The minimum Gasteiger partial charge on any atom is -0.480 e. The summed E-state index contributed by atoms with van der Waals surface area (Å²) in [6.07, 6.45) is 0.797. The Labute approximate surface area is 105 Å². The molecule has 0 bridgehead atoms. The lowest BCUT2D eigenvalue weighted by Crippen LogP contribution is -2.30. The van der Waals surface area contributed by atoms with Gasteiger partial charge in [-0.3, -0.25) is 9.69 Å². The van der Waals surface area contributed by atoms with Gasteiger partial charge in [-0.1, -0.05) is 13.0 Å². The Balaban J connectivity index is 2.80. The van der Waals surface area contributed by atoms with E-state index in [0.717, 1.165) is 6.42 Å². The highest BCUT2D eigenvalue weighted by atomic mass is 19.1. The van der Waals surface area contributed by atoms with Crippen LogP contribution in [0.5, 0.6) is 0 Å². The maximum Gasteiger partial charge on any atom is 0.317 e. The van der Waals surface area contributed by atoms with Crippen molar-refractivity contribution in [1.29, 1.82) is 5.26 Å². The quantitative estimate of drug-likeness (QED) is 0.838. The molecule has 1 N–H and O–H groups in total. The fourth-order valence-electron chi connectivity index (χ4n) is 1.71. The van der Waals surface area contributed by atoms with E-state index >= 15 is 0 Å². The molecule has 0 aliphatic heterocycles. The molecule has 0 aliphatic carbocycles. The van der Waals surface area contributed by atoms with Crippen molar-refractivity contribution in [2.45, 2.75) is 19.9 Å². The molecule has 1 aromatic carbocycles. The van der Waals surface area contributed by atoms with Crippen molar-refractivity contribution in [2.24, 2.45) is 0 Å². The lowest BCUT2D eigenvalue weighted by molar-refractivity contribution is -0.138. The van der Waals surface area contributed by atoms with Gasteiger partial charge in [0.2, 0.25) is 0 Å². The summed E-state index contributed by atoms with van der Waals surface area (Å²) in [5, 5.41) is 17.4. The molecule has 0 spiro atoms. The molecule has 0 saturated carbocycles. The summed E-state index contributed by atoms with van der Waals surface area (Å²) in [5.41, 5.74) is 0.667. The van der Waals surface area contributed by atoms with Gasteiger partial charge in [0.05, 0.1) is 18.2 Å². The van der Waals surface area contributed by atoms with Gasteiger partial charge in [-0.2, -0.15) is 5.26 Å². The van der Waals surface area contributed by atoms with Gasteiger partial charge < -0.3 is 5.11 Å². The van der Waals surface area contributed by atoms with Gasteiger partial charge in [0.15, 0.2) is 0 Å². The van der Waals surface area contributed by atoms with Crippen LogP contribution in [0.15, 0.2) is 18.2 Å². The Bertz CT molecular complexity index is 469. The van der Waals surface area contributed by atoms with Crippen LogP contribution >= 0.6 is 0 Å². The minimum atomic E-state index is -0.933. The third kappa shape index (κ3) is 4.15. The smallest absolute Gasteiger partial charge is 0.317 e. The van der Waals surface area contributed by atoms with E-state index in [0.29, 0.717) is 12.1 Å². The molecule has 5 heteroatoms. The molecular formula is C13H15FN2O2. The summed E-state index contributed by atoms with van der Waals surface area (Å²) in [6.45, 7) is 2.64. The van der Waals surface area contributed by atoms with Crippen LogP contribution in [0.25, 0.3) is 0 Å². The van der Waals surface area contributed by atoms with E-state index in [9.17, 15) is 9.18 Å². The molecule has 1 rings (SSSR count). The molecule has 0 aromatic heterocycles. The number of carbonyl (C=O) groups is 1. The van der Waals surface area contributed by atoms with Crippen molar-refractivity contribution in [3.8, 4) is 6.07 Å². The van der Waals surface area contributed by atoms with Crippen molar-refractivity contribution in [3.05, 3.63) is 35.1 Å². The summed E-state index contributed by atoms with van der Waals surface area (Å²) < 4.78 is 13.6. The van der Waals surface area contributed by atoms with Crippen molar-refractivity contribution in [1.82, 2.24) is 4.90 Å². The van der Waals surface area contributed by atoms with Crippen molar-refractivity contribution >= 4 is 5.97 Å². The predicted molar refractivity (Wildman–Crippen MR) is 64.3 cm³/mol. The highest BCUT2D eigenvalue weighted by Crippen LogP contribution is 2.12. The first kappa shape index (κ1) is 14.1. The van der Waals surface area contributed by atoms with Crippen LogP contribution < -0.4 is 0 Å². The molecule has 0 amide bonds. The molecule has 0 unspecified atom stereocenters. The maximum absolute atomic E-state index is 13.6. The molecule has 0 atom stereocenters. The highest BCUT2D eigenvalue weighted by Gasteiger charge is 2.12. The normalized spacial score (nSPS) is 10.3. The van der Waals surface area contributed by atoms with Crippen LogP contribution in [-0.4, -0.2) is 29.1 Å². The summed E-state index contributed by atoms with van der Waals surface area (Å²) >= 11 is 0. The first-order chi connectivity index (χ1) is 8.56. The molecule has 0 aliphatic rings. The molecule has 0 heterocycles. The Morgan fingerprint density at radius 1 is 1.56 bits per heavy atom. The van der Waals surface area contributed by atoms with E-state index in [4.69, 9.17) is 10.4 Å². The number of benzene rings is 1. The second-order valence-electron chi connectivity index (χ2n) is 4.02. The van der Waals surface area contributed by atoms with Crippen molar-refractivity contribution < 1.29 is 14.3 Å². The Hall–Kier alpha value is -1.93. The van der Waals surface area contributed by atoms with E-state index in [1.807, 2.05) is 13.0 Å². The van der Waals surface area contributed by atoms with Gasteiger partial charge in [-0.25, -0.2) is 4.39 Å². The zero-order valence-electron chi connectivity index (χ0n) is 10.2. The van der Waals surface area contributed by atoms with Crippen LogP contribution in [0.1, 0.15) is 24.5 Å². The van der Waals surface area contributed by atoms with E-state index < -0.39 is 11.8 Å². The topological polar surface area (TPSA) is 64.3 Å². The lowest BCUT2D eigenvalue weighted by Gasteiger charge is -2.19. The van der Waals surface area contributed by atoms with Crippen LogP contribution in [0.2, 0.25) is 0 Å². The number of rotatable bonds is 6. The average molecular weight is 250 g/mol. The van der Waals surface area contributed by atoms with Gasteiger partial charge in [0, 0.05) is 12.1 Å². The van der Waals surface area contributed by atoms with E-state index in [1.165, 1.54) is 18.2 Å². The number of nitrogens with zero attached hydrogens (tertiary/aromatic N) is 2. The molecule has 18 heavy (non-hydrogen) atoms. The van der Waals surface area contributed by atoms with Crippen LogP contribution in [0.4, 0.5) is 4.39 Å². The van der Waals surface area contributed by atoms with Crippen LogP contribution in [-0.2, 0) is 11.3 Å². The zero-order chi connectivity index (χ0) is 13.5. The molecule has 96 valence electrons. The number of aliphatic carboxylic acids is 1. The summed E-state index contributed by atoms with van der Waals surface area (Å²) in [6, 6.07) is 6.08. The Morgan fingerprint density at radius 2 is 2.28 bits per heavy atom. The largest absolute Gasteiger partial charge is 0.480 e. The maximum atomic E-state index is 13.6. The summed E-state index contributed by atoms with van der Waals surface area (Å²) in [7, 11) is 0. The van der Waals surface area contributed by atoms with Crippen LogP contribution in [0, 0.1) is 17.1 Å². The van der Waals surface area contributed by atoms with E-state index in [1.54, 1.807) is 4.90 Å². The fraction of sp³-hybridized carbons (Fsp3) is 0.385. The van der Waals surface area contributed by atoms with Gasteiger partial charge in [0.25, 0.3) is 0 Å². The zero-order valence-corrected chi connectivity index (χ0v) is 10.2. The van der Waals surface area contributed by atoms with Gasteiger partial charge in [0.1, 0.15) is 5.82 Å². The predicted octanol–water partition coefficient (Wildman–Crippen LogP) is 1.99. The minimum absolute atomic E-state index is 0.118. The Morgan fingerprint density at radius 3 is 2.78 bits per heavy atom. The summed E-state index contributed by atoms with van der Waals surface area (Å²) in [5.74, 6) is -1.40. The lowest BCUT2D eigenvalue weighted by atomic mass is 10.1. The monoisotopic (exact) mass is 250 g/mol. The number of hydrogen-bond donors (Lipinski definition) is 1. The Kier molecular flexibility index (Phi) is 5.28. The van der Waals surface area contributed by atoms with Crippen molar-refractivity contribution in [2.75, 3.05) is 13.1 Å². The fourth-order valence-corrected chi connectivity index (χ4v) is 1.71. The first-order valence-corrected chi connectivity index (χ1v) is 5.69. The number of carboxylic acids is 1. The van der Waals surface area contributed by atoms with Gasteiger partial charge in [-0.05, 0) is 25.1 Å². The average Bonchev–Trinajstić information content (AvgIpc) is 2.31. The van der Waals surface area contributed by atoms with Gasteiger partial charge >= 0.3 is 5.97 Å².